The summed E-state index contributed by atoms with van der Waals surface area (Å²) in [4.78, 5) is 13.9. The van der Waals surface area contributed by atoms with Crippen molar-refractivity contribution in [2.24, 2.45) is 0 Å². The van der Waals surface area contributed by atoms with Crippen molar-refractivity contribution < 1.29 is 14.6 Å². The Bertz CT molecular complexity index is 873. The number of benzene rings is 1. The number of rotatable bonds is 4. The first kappa shape index (κ1) is 19.9. The fraction of sp³-hybridized carbons (Fsp3) is 0.545. The largest absolute Gasteiger partial charge is 0.488 e. The SMILES string of the molecule is CC(O)N1CCc2c(-c3cccc(OC(C)(C)C)c3)nc(N3CCOCC3)nc21. The number of fused-ring (bicyclic) bond motifs is 1. The van der Waals surface area contributed by atoms with Crippen molar-refractivity contribution in [3.8, 4) is 17.0 Å². The second-order valence-corrected chi connectivity index (χ2v) is 8.59. The first-order valence-corrected chi connectivity index (χ1v) is 10.3. The van der Waals surface area contributed by atoms with E-state index < -0.39 is 6.23 Å². The lowest BCUT2D eigenvalue weighted by molar-refractivity contribution is 0.122. The Morgan fingerprint density at radius 2 is 1.90 bits per heavy atom. The molecule has 0 saturated carbocycles. The zero-order valence-electron chi connectivity index (χ0n) is 17.7. The number of morpholine rings is 1. The predicted octanol–water partition coefficient (Wildman–Crippen LogP) is 2.86. The van der Waals surface area contributed by atoms with Crippen LogP contribution in [-0.2, 0) is 11.2 Å². The minimum absolute atomic E-state index is 0.270. The van der Waals surface area contributed by atoms with Crippen LogP contribution in [0.3, 0.4) is 0 Å². The molecule has 1 atom stereocenters. The van der Waals surface area contributed by atoms with Crippen LogP contribution in [0.15, 0.2) is 24.3 Å². The van der Waals surface area contributed by atoms with Gasteiger partial charge in [-0.05, 0) is 46.2 Å². The summed E-state index contributed by atoms with van der Waals surface area (Å²) in [6.45, 7) is 11.5. The zero-order chi connectivity index (χ0) is 20.6. The summed E-state index contributed by atoms with van der Waals surface area (Å²) in [5, 5.41) is 10.2. The monoisotopic (exact) mass is 398 g/mol. The summed E-state index contributed by atoms with van der Waals surface area (Å²) in [6, 6.07) is 8.08. The topological polar surface area (TPSA) is 71.0 Å². The first-order chi connectivity index (χ1) is 13.8. The molecule has 2 aromatic rings. The third kappa shape index (κ3) is 4.31. The lowest BCUT2D eigenvalue weighted by Gasteiger charge is -2.29. The fourth-order valence-corrected chi connectivity index (χ4v) is 3.83. The van der Waals surface area contributed by atoms with Crippen LogP contribution in [0.2, 0.25) is 0 Å². The van der Waals surface area contributed by atoms with Gasteiger partial charge in [0.1, 0.15) is 23.4 Å². The second-order valence-electron chi connectivity index (χ2n) is 8.59. The highest BCUT2D eigenvalue weighted by atomic mass is 16.5. The Morgan fingerprint density at radius 1 is 1.14 bits per heavy atom. The van der Waals surface area contributed by atoms with Crippen LogP contribution in [0.25, 0.3) is 11.3 Å². The summed E-state index contributed by atoms with van der Waals surface area (Å²) in [5.74, 6) is 2.34. The van der Waals surface area contributed by atoms with Crippen molar-refractivity contribution in [2.45, 2.75) is 45.9 Å². The van der Waals surface area contributed by atoms with E-state index >= 15 is 0 Å². The number of hydrogen-bond acceptors (Lipinski definition) is 7. The Hall–Kier alpha value is -2.38. The standard InChI is InChI=1S/C22H30N4O3/c1-15(27)26-9-8-18-19(16-6-5-7-17(14-16)29-22(2,3)4)23-21(24-20(18)26)25-10-12-28-13-11-25/h5-7,14-15,27H,8-13H2,1-4H3. The van der Waals surface area contributed by atoms with Crippen molar-refractivity contribution in [2.75, 3.05) is 42.6 Å². The lowest BCUT2D eigenvalue weighted by atomic mass is 10.0. The minimum atomic E-state index is -0.591. The molecule has 1 fully saturated rings. The number of ether oxygens (including phenoxy) is 2. The Morgan fingerprint density at radius 3 is 2.59 bits per heavy atom. The maximum Gasteiger partial charge on any atom is 0.228 e. The first-order valence-electron chi connectivity index (χ1n) is 10.3. The average molecular weight is 399 g/mol. The summed E-state index contributed by atoms with van der Waals surface area (Å²) in [5.41, 5.74) is 2.73. The number of aromatic nitrogens is 2. The predicted molar refractivity (Wildman–Crippen MR) is 114 cm³/mol. The molecular weight excluding hydrogens is 368 g/mol. The van der Waals surface area contributed by atoms with Crippen LogP contribution in [-0.4, -0.2) is 59.8 Å². The number of hydrogen-bond donors (Lipinski definition) is 1. The molecule has 1 aromatic heterocycles. The lowest BCUT2D eigenvalue weighted by Crippen LogP contribution is -2.38. The molecule has 29 heavy (non-hydrogen) atoms. The van der Waals surface area contributed by atoms with Gasteiger partial charge in [0.25, 0.3) is 0 Å². The van der Waals surface area contributed by atoms with E-state index in [-0.39, 0.29) is 5.60 Å². The molecule has 0 spiro atoms. The number of nitrogens with zero attached hydrogens (tertiary/aromatic N) is 4. The summed E-state index contributed by atoms with van der Waals surface area (Å²) < 4.78 is 11.6. The van der Waals surface area contributed by atoms with Crippen LogP contribution in [0.5, 0.6) is 5.75 Å². The van der Waals surface area contributed by atoms with Gasteiger partial charge >= 0.3 is 0 Å². The maximum absolute atomic E-state index is 10.2. The molecule has 3 heterocycles. The van der Waals surface area contributed by atoms with Crippen LogP contribution < -0.4 is 14.5 Å². The molecule has 1 saturated heterocycles. The highest BCUT2D eigenvalue weighted by Crippen LogP contribution is 2.37. The van der Waals surface area contributed by atoms with E-state index in [1.54, 1.807) is 6.92 Å². The molecule has 0 amide bonds. The molecule has 156 valence electrons. The summed E-state index contributed by atoms with van der Waals surface area (Å²) in [7, 11) is 0. The van der Waals surface area contributed by atoms with Gasteiger partial charge in [-0.1, -0.05) is 12.1 Å². The Labute approximate surface area is 172 Å². The van der Waals surface area contributed by atoms with Crippen LogP contribution in [0, 0.1) is 0 Å². The van der Waals surface area contributed by atoms with E-state index in [4.69, 9.17) is 19.4 Å². The van der Waals surface area contributed by atoms with E-state index in [2.05, 4.69) is 11.0 Å². The molecule has 0 bridgehead atoms. The van der Waals surface area contributed by atoms with Gasteiger partial charge in [-0.2, -0.15) is 4.98 Å². The highest BCUT2D eigenvalue weighted by Gasteiger charge is 2.30. The molecule has 7 nitrogen and oxygen atoms in total. The fourth-order valence-electron chi connectivity index (χ4n) is 3.83. The quantitative estimate of drug-likeness (QED) is 0.849. The van der Waals surface area contributed by atoms with Crippen molar-refractivity contribution in [3.05, 3.63) is 29.8 Å². The molecule has 0 aliphatic carbocycles. The number of aliphatic hydroxyl groups excluding tert-OH is 1. The zero-order valence-corrected chi connectivity index (χ0v) is 17.7. The molecule has 2 aliphatic heterocycles. The van der Waals surface area contributed by atoms with Crippen molar-refractivity contribution >= 4 is 11.8 Å². The Kier molecular flexibility index (Phi) is 5.36. The smallest absolute Gasteiger partial charge is 0.228 e. The average Bonchev–Trinajstić information content (AvgIpc) is 3.11. The second kappa shape index (κ2) is 7.80. The van der Waals surface area contributed by atoms with E-state index in [1.165, 1.54) is 0 Å². The normalized spacial score (nSPS) is 18.0. The molecule has 1 N–H and O–H groups in total. The van der Waals surface area contributed by atoms with Crippen molar-refractivity contribution in [3.63, 3.8) is 0 Å². The van der Waals surface area contributed by atoms with Gasteiger partial charge in [-0.15, -0.1) is 0 Å². The Balaban J connectivity index is 1.79. The van der Waals surface area contributed by atoms with Gasteiger partial charge in [-0.25, -0.2) is 4.98 Å². The molecular formula is C22H30N4O3. The number of anilines is 2. The molecule has 0 radical (unpaired) electrons. The van der Waals surface area contributed by atoms with Crippen LogP contribution >= 0.6 is 0 Å². The van der Waals surface area contributed by atoms with E-state index in [1.807, 2.05) is 43.9 Å². The number of aliphatic hydroxyl groups is 1. The van der Waals surface area contributed by atoms with Crippen molar-refractivity contribution in [1.82, 2.24) is 9.97 Å². The van der Waals surface area contributed by atoms with Gasteiger partial charge in [-0.3, -0.25) is 0 Å². The minimum Gasteiger partial charge on any atom is -0.488 e. The van der Waals surface area contributed by atoms with E-state index in [9.17, 15) is 5.11 Å². The van der Waals surface area contributed by atoms with Gasteiger partial charge in [0.05, 0.1) is 18.9 Å². The third-order valence-electron chi connectivity index (χ3n) is 5.12. The molecule has 1 aromatic carbocycles. The highest BCUT2D eigenvalue weighted by molar-refractivity contribution is 5.74. The van der Waals surface area contributed by atoms with E-state index in [0.29, 0.717) is 19.2 Å². The van der Waals surface area contributed by atoms with Gasteiger partial charge in [0.2, 0.25) is 5.95 Å². The maximum atomic E-state index is 10.2. The van der Waals surface area contributed by atoms with Crippen molar-refractivity contribution in [1.29, 1.82) is 0 Å². The molecule has 7 heteroatoms. The van der Waals surface area contributed by atoms with Gasteiger partial charge in [0.15, 0.2) is 0 Å². The van der Waals surface area contributed by atoms with Crippen LogP contribution in [0.1, 0.15) is 33.3 Å². The summed E-state index contributed by atoms with van der Waals surface area (Å²) in [6.07, 6.45) is 0.218. The van der Waals surface area contributed by atoms with Gasteiger partial charge in [0, 0.05) is 30.8 Å². The molecule has 1 unspecified atom stereocenters. The third-order valence-corrected chi connectivity index (χ3v) is 5.12. The van der Waals surface area contributed by atoms with E-state index in [0.717, 1.165) is 54.4 Å². The summed E-state index contributed by atoms with van der Waals surface area (Å²) >= 11 is 0. The van der Waals surface area contributed by atoms with Crippen LogP contribution in [0.4, 0.5) is 11.8 Å². The molecule has 4 rings (SSSR count). The molecule has 2 aliphatic rings. The van der Waals surface area contributed by atoms with Gasteiger partial charge < -0.3 is 24.4 Å².